The molecule has 0 aromatic heterocycles. The highest BCUT2D eigenvalue weighted by Crippen LogP contribution is 2.00. The third-order valence-electron chi connectivity index (χ3n) is 1.19. The molecule has 0 aliphatic rings. The predicted octanol–water partition coefficient (Wildman–Crippen LogP) is 0.449. The van der Waals surface area contributed by atoms with Crippen LogP contribution in [0.2, 0.25) is 0 Å². The van der Waals surface area contributed by atoms with Crippen molar-refractivity contribution in [3.05, 3.63) is 0 Å². The minimum atomic E-state index is 0.197. The molecule has 9 heavy (non-hydrogen) atoms. The Morgan fingerprint density at radius 2 is 2.22 bits per heavy atom. The maximum atomic E-state index is 8.45. The first-order chi connectivity index (χ1) is 4.31. The second kappa shape index (κ2) is 6.39. The van der Waals surface area contributed by atoms with Gasteiger partial charge in [-0.15, -0.1) is 0 Å². The number of nitrogens with two attached hydrogens (primary N) is 1. The topological polar surface area (TPSA) is 46.2 Å². The van der Waals surface area contributed by atoms with Crippen LogP contribution in [0.25, 0.3) is 0 Å². The van der Waals surface area contributed by atoms with Gasteiger partial charge in [0.1, 0.15) is 0 Å². The number of thioether (sulfide) groups is 1. The molecule has 0 rings (SSSR count). The molecule has 1 atom stereocenters. The minimum absolute atomic E-state index is 0.197. The third-order valence-corrected chi connectivity index (χ3v) is 1.84. The molecule has 0 aliphatic heterocycles. The summed E-state index contributed by atoms with van der Waals surface area (Å²) in [5.41, 5.74) is 5.60. The normalized spacial score (nSPS) is 13.7. The van der Waals surface area contributed by atoms with Crippen molar-refractivity contribution in [2.75, 3.05) is 18.6 Å². The Labute approximate surface area is 60.8 Å². The molecular weight excluding hydrogens is 134 g/mol. The molecule has 0 fully saturated rings. The lowest BCUT2D eigenvalue weighted by Crippen LogP contribution is -2.21. The van der Waals surface area contributed by atoms with Crippen LogP contribution in [0.15, 0.2) is 0 Å². The van der Waals surface area contributed by atoms with Gasteiger partial charge in [0.25, 0.3) is 0 Å². The fourth-order valence-corrected chi connectivity index (χ4v) is 1.12. The molecule has 0 spiro atoms. The molecule has 3 heteroatoms. The summed E-state index contributed by atoms with van der Waals surface area (Å²) in [5, 5.41) is 8.45. The first-order valence-electron chi connectivity index (χ1n) is 3.16. The molecule has 1 unspecified atom stereocenters. The zero-order valence-corrected chi connectivity index (χ0v) is 6.66. The fourth-order valence-electron chi connectivity index (χ4n) is 0.579. The van der Waals surface area contributed by atoms with Crippen molar-refractivity contribution >= 4 is 11.8 Å². The van der Waals surface area contributed by atoms with Crippen molar-refractivity contribution in [1.82, 2.24) is 0 Å². The van der Waals surface area contributed by atoms with E-state index in [0.717, 1.165) is 18.6 Å². The second-order valence-electron chi connectivity index (χ2n) is 2.05. The highest BCUT2D eigenvalue weighted by atomic mass is 32.2. The second-order valence-corrected chi connectivity index (χ2v) is 3.04. The van der Waals surface area contributed by atoms with Crippen LogP contribution < -0.4 is 5.73 Å². The van der Waals surface area contributed by atoms with Gasteiger partial charge in [-0.2, -0.15) is 11.8 Å². The van der Waals surface area contributed by atoms with Gasteiger partial charge in [0, 0.05) is 12.6 Å². The molecule has 3 N–H and O–H groups in total. The lowest BCUT2D eigenvalue weighted by molar-refractivity contribution is 0.275. The van der Waals surface area contributed by atoms with E-state index >= 15 is 0 Å². The van der Waals surface area contributed by atoms with Crippen LogP contribution in [0, 0.1) is 0 Å². The van der Waals surface area contributed by atoms with Gasteiger partial charge < -0.3 is 10.8 Å². The molecule has 0 amide bonds. The number of aliphatic hydroxyl groups is 1. The molecule has 0 aliphatic carbocycles. The van der Waals surface area contributed by atoms with E-state index in [2.05, 4.69) is 6.26 Å². The Kier molecular flexibility index (Phi) is 6.58. The van der Waals surface area contributed by atoms with Crippen molar-refractivity contribution in [2.24, 2.45) is 5.73 Å². The zero-order chi connectivity index (χ0) is 7.11. The van der Waals surface area contributed by atoms with Gasteiger partial charge in [-0.25, -0.2) is 0 Å². The summed E-state index contributed by atoms with van der Waals surface area (Å²) >= 11 is 1.79. The number of hydrogen-bond donors (Lipinski definition) is 2. The first-order valence-corrected chi connectivity index (χ1v) is 4.56. The van der Waals surface area contributed by atoms with E-state index in [9.17, 15) is 0 Å². The smallest absolute Gasteiger partial charge is 0.0445 e. The van der Waals surface area contributed by atoms with E-state index in [1.165, 1.54) is 0 Å². The van der Waals surface area contributed by atoms with Crippen LogP contribution in [-0.2, 0) is 0 Å². The average molecular weight is 149 g/mol. The molecule has 0 heterocycles. The summed E-state index contributed by atoms with van der Waals surface area (Å²) in [4.78, 5) is 0. The number of rotatable bonds is 5. The minimum Gasteiger partial charge on any atom is -0.396 e. The van der Waals surface area contributed by atoms with E-state index in [-0.39, 0.29) is 12.6 Å². The van der Waals surface area contributed by atoms with Crippen molar-refractivity contribution in [2.45, 2.75) is 18.9 Å². The molecule has 0 saturated heterocycles. The fraction of sp³-hybridized carbons (Fsp3) is 1.00. The standard InChI is InChI=1S/C6H15NOS/c1-9-5-3-6(7)2-4-8/h6,8H,2-5,7H2,1H3. The summed E-state index contributed by atoms with van der Waals surface area (Å²) in [6, 6.07) is 0.197. The molecule has 56 valence electrons. The van der Waals surface area contributed by atoms with E-state index in [1.54, 1.807) is 11.8 Å². The summed E-state index contributed by atoms with van der Waals surface area (Å²) < 4.78 is 0. The molecule has 0 radical (unpaired) electrons. The molecule has 2 nitrogen and oxygen atoms in total. The zero-order valence-electron chi connectivity index (χ0n) is 5.84. The molecule has 0 bridgehead atoms. The summed E-state index contributed by atoms with van der Waals surface area (Å²) in [7, 11) is 0. The van der Waals surface area contributed by atoms with Crippen LogP contribution in [-0.4, -0.2) is 29.8 Å². The predicted molar refractivity (Wildman–Crippen MR) is 42.7 cm³/mol. The number of aliphatic hydroxyl groups excluding tert-OH is 1. The van der Waals surface area contributed by atoms with Gasteiger partial charge in [-0.05, 0) is 24.9 Å². The Balaban J connectivity index is 2.95. The molecule has 0 aromatic carbocycles. The van der Waals surface area contributed by atoms with Crippen LogP contribution in [0.1, 0.15) is 12.8 Å². The molecule has 0 aromatic rings. The third kappa shape index (κ3) is 6.15. The lowest BCUT2D eigenvalue weighted by atomic mass is 10.2. The Morgan fingerprint density at radius 1 is 1.56 bits per heavy atom. The van der Waals surface area contributed by atoms with Crippen LogP contribution in [0.5, 0.6) is 0 Å². The highest BCUT2D eigenvalue weighted by molar-refractivity contribution is 7.98. The van der Waals surface area contributed by atoms with E-state index in [0.29, 0.717) is 0 Å². The molecule has 0 saturated carbocycles. The first kappa shape index (κ1) is 9.27. The Bertz CT molecular complexity index is 61.0. The van der Waals surface area contributed by atoms with Crippen molar-refractivity contribution < 1.29 is 5.11 Å². The van der Waals surface area contributed by atoms with Gasteiger partial charge in [0.2, 0.25) is 0 Å². The van der Waals surface area contributed by atoms with Gasteiger partial charge in [0.05, 0.1) is 0 Å². The van der Waals surface area contributed by atoms with Crippen LogP contribution >= 0.6 is 11.8 Å². The van der Waals surface area contributed by atoms with E-state index in [1.807, 2.05) is 0 Å². The summed E-state index contributed by atoms with van der Waals surface area (Å²) in [5.74, 6) is 1.10. The summed E-state index contributed by atoms with van der Waals surface area (Å²) in [6.07, 6.45) is 3.81. The number of hydrogen-bond acceptors (Lipinski definition) is 3. The quantitative estimate of drug-likeness (QED) is 0.596. The van der Waals surface area contributed by atoms with Gasteiger partial charge in [-0.3, -0.25) is 0 Å². The summed E-state index contributed by atoms with van der Waals surface area (Å²) in [6.45, 7) is 0.218. The average Bonchev–Trinajstić information content (AvgIpc) is 1.85. The van der Waals surface area contributed by atoms with E-state index < -0.39 is 0 Å². The maximum absolute atomic E-state index is 8.45. The van der Waals surface area contributed by atoms with Crippen LogP contribution in [0.4, 0.5) is 0 Å². The Morgan fingerprint density at radius 3 is 2.67 bits per heavy atom. The van der Waals surface area contributed by atoms with Crippen molar-refractivity contribution in [1.29, 1.82) is 0 Å². The lowest BCUT2D eigenvalue weighted by Gasteiger charge is -2.06. The van der Waals surface area contributed by atoms with Crippen LogP contribution in [0.3, 0.4) is 0 Å². The van der Waals surface area contributed by atoms with Gasteiger partial charge in [-0.1, -0.05) is 0 Å². The largest absolute Gasteiger partial charge is 0.396 e. The monoisotopic (exact) mass is 149 g/mol. The van der Waals surface area contributed by atoms with Crippen molar-refractivity contribution in [3.8, 4) is 0 Å². The maximum Gasteiger partial charge on any atom is 0.0445 e. The van der Waals surface area contributed by atoms with E-state index in [4.69, 9.17) is 10.8 Å². The van der Waals surface area contributed by atoms with Gasteiger partial charge >= 0.3 is 0 Å². The Hall–Kier alpha value is 0.270. The van der Waals surface area contributed by atoms with Gasteiger partial charge in [0.15, 0.2) is 0 Å². The highest BCUT2D eigenvalue weighted by Gasteiger charge is 1.98. The van der Waals surface area contributed by atoms with Crippen molar-refractivity contribution in [3.63, 3.8) is 0 Å². The SMILES string of the molecule is CSCCC(N)CCO. The molecular formula is C6H15NOS.